The van der Waals surface area contributed by atoms with Gasteiger partial charge >= 0.3 is 5.97 Å². The lowest BCUT2D eigenvalue weighted by Crippen LogP contribution is -2.50. The zero-order chi connectivity index (χ0) is 26.4. The molecule has 6 heteroatoms. The Hall–Kier alpha value is -2.83. The van der Waals surface area contributed by atoms with E-state index in [0.717, 1.165) is 56.6 Å². The van der Waals surface area contributed by atoms with Gasteiger partial charge in [-0.15, -0.1) is 0 Å². The Morgan fingerprint density at radius 3 is 2.18 bits per heavy atom. The van der Waals surface area contributed by atoms with Crippen molar-refractivity contribution >= 4 is 5.97 Å². The van der Waals surface area contributed by atoms with Crippen molar-refractivity contribution in [3.63, 3.8) is 0 Å². The van der Waals surface area contributed by atoms with Gasteiger partial charge in [0.25, 0.3) is 0 Å². The third-order valence-electron chi connectivity index (χ3n) is 9.30. The van der Waals surface area contributed by atoms with Gasteiger partial charge in [0.15, 0.2) is 0 Å². The SMILES string of the molecule is CC1=CCC[C@]2(C)C[C@H]3OC(=O)C(CN4CCN(C(c5ccc(F)cc5)c5ccc(F)cc5)CC4)[C@H]3C=C12. The number of rotatable bonds is 5. The molecule has 2 aromatic carbocycles. The second kappa shape index (κ2) is 10.0. The average Bonchev–Trinajstić information content (AvgIpc) is 3.19. The summed E-state index contributed by atoms with van der Waals surface area (Å²) in [4.78, 5) is 17.8. The summed E-state index contributed by atoms with van der Waals surface area (Å²) < 4.78 is 33.3. The fraction of sp³-hybridized carbons (Fsp3) is 0.469. The number of allylic oxidation sites excluding steroid dienone is 3. The summed E-state index contributed by atoms with van der Waals surface area (Å²) in [6.45, 7) is 8.49. The van der Waals surface area contributed by atoms with Crippen molar-refractivity contribution < 1.29 is 18.3 Å². The lowest BCUT2D eigenvalue weighted by molar-refractivity contribution is -0.145. The summed E-state index contributed by atoms with van der Waals surface area (Å²) >= 11 is 0. The smallest absolute Gasteiger partial charge is 0.311 e. The number of hydrogen-bond acceptors (Lipinski definition) is 4. The molecule has 0 saturated carbocycles. The second-order valence-electron chi connectivity index (χ2n) is 11.8. The molecular formula is C32H36F2N2O2. The number of carbonyl (C=O) groups is 1. The maximum Gasteiger partial charge on any atom is 0.311 e. The van der Waals surface area contributed by atoms with Gasteiger partial charge in [0, 0.05) is 38.6 Å². The number of benzene rings is 2. The van der Waals surface area contributed by atoms with Gasteiger partial charge < -0.3 is 4.74 Å². The molecule has 200 valence electrons. The molecule has 0 aromatic heterocycles. The largest absolute Gasteiger partial charge is 0.461 e. The molecule has 4 aliphatic rings. The molecule has 1 unspecified atom stereocenters. The third-order valence-corrected chi connectivity index (χ3v) is 9.30. The molecule has 0 amide bonds. The topological polar surface area (TPSA) is 32.8 Å². The summed E-state index contributed by atoms with van der Waals surface area (Å²) in [5, 5.41) is 0. The molecule has 2 heterocycles. The highest BCUT2D eigenvalue weighted by molar-refractivity contribution is 5.76. The number of halogens is 2. The lowest BCUT2D eigenvalue weighted by Gasteiger charge is -2.43. The van der Waals surface area contributed by atoms with E-state index in [4.69, 9.17) is 4.74 Å². The molecule has 38 heavy (non-hydrogen) atoms. The van der Waals surface area contributed by atoms with E-state index in [1.807, 2.05) is 24.3 Å². The highest BCUT2D eigenvalue weighted by atomic mass is 19.1. The average molecular weight is 519 g/mol. The molecule has 4 nitrogen and oxygen atoms in total. The van der Waals surface area contributed by atoms with Gasteiger partial charge in [-0.05, 0) is 72.6 Å². The van der Waals surface area contributed by atoms with Gasteiger partial charge in [-0.1, -0.05) is 48.9 Å². The summed E-state index contributed by atoms with van der Waals surface area (Å²) in [7, 11) is 0. The highest BCUT2D eigenvalue weighted by Crippen LogP contribution is 2.52. The van der Waals surface area contributed by atoms with Crippen molar-refractivity contribution in [1.82, 2.24) is 9.80 Å². The number of fused-ring (bicyclic) bond motifs is 2. The highest BCUT2D eigenvalue weighted by Gasteiger charge is 2.51. The second-order valence-corrected chi connectivity index (χ2v) is 11.8. The van der Waals surface area contributed by atoms with Crippen LogP contribution in [-0.4, -0.2) is 54.6 Å². The van der Waals surface area contributed by atoms with Crippen molar-refractivity contribution in [2.75, 3.05) is 32.7 Å². The third kappa shape index (κ3) is 4.73. The summed E-state index contributed by atoms with van der Waals surface area (Å²) in [5.74, 6) is -0.594. The molecule has 2 saturated heterocycles. The standard InChI is InChI=1S/C32H36F2N2O2/c1-21-4-3-13-32(2)19-29-26(18-28(21)32)27(31(37)38-29)20-35-14-16-36(17-15-35)30(22-5-9-24(33)10-6-22)23-7-11-25(34)12-8-23/h4-12,18,26-27,29-30H,3,13-17,19-20H2,1-2H3/t26-,27?,29-,32-/m1/s1. The van der Waals surface area contributed by atoms with Gasteiger partial charge in [-0.25, -0.2) is 8.78 Å². The Kier molecular flexibility index (Phi) is 6.73. The predicted octanol–water partition coefficient (Wildman–Crippen LogP) is 5.91. The van der Waals surface area contributed by atoms with Crippen molar-refractivity contribution in [1.29, 1.82) is 0 Å². The van der Waals surface area contributed by atoms with Crippen molar-refractivity contribution in [3.8, 4) is 0 Å². The lowest BCUT2D eigenvalue weighted by atomic mass is 9.62. The van der Waals surface area contributed by atoms with Crippen LogP contribution in [0.3, 0.4) is 0 Å². The van der Waals surface area contributed by atoms with Crippen LogP contribution in [0.1, 0.15) is 50.3 Å². The van der Waals surface area contributed by atoms with Crippen LogP contribution < -0.4 is 0 Å². The van der Waals surface area contributed by atoms with Crippen molar-refractivity contribution in [2.24, 2.45) is 17.3 Å². The first-order valence-corrected chi connectivity index (χ1v) is 13.9. The van der Waals surface area contributed by atoms with Crippen LogP contribution >= 0.6 is 0 Å². The van der Waals surface area contributed by atoms with Gasteiger partial charge in [0.1, 0.15) is 17.7 Å². The van der Waals surface area contributed by atoms with Gasteiger partial charge in [0.05, 0.1) is 12.0 Å². The molecule has 0 bridgehead atoms. The van der Waals surface area contributed by atoms with E-state index < -0.39 is 0 Å². The number of ether oxygens (including phenoxy) is 1. The molecule has 6 rings (SSSR count). The van der Waals surface area contributed by atoms with Crippen LogP contribution in [0.2, 0.25) is 0 Å². The van der Waals surface area contributed by atoms with Crippen LogP contribution in [0.15, 0.2) is 71.8 Å². The summed E-state index contributed by atoms with van der Waals surface area (Å²) in [6.07, 6.45) is 7.81. The molecular weight excluding hydrogens is 482 g/mol. The molecule has 0 N–H and O–H groups in total. The Morgan fingerprint density at radius 1 is 0.974 bits per heavy atom. The molecule has 0 spiro atoms. The zero-order valence-corrected chi connectivity index (χ0v) is 22.2. The van der Waals surface area contributed by atoms with E-state index in [1.165, 1.54) is 35.4 Å². The van der Waals surface area contributed by atoms with Crippen LogP contribution in [0.4, 0.5) is 8.78 Å². The first kappa shape index (κ1) is 25.4. The zero-order valence-electron chi connectivity index (χ0n) is 22.2. The van der Waals surface area contributed by atoms with E-state index in [9.17, 15) is 13.6 Å². The number of hydrogen-bond donors (Lipinski definition) is 0. The molecule has 2 aromatic rings. The Morgan fingerprint density at radius 2 is 1.58 bits per heavy atom. The maximum atomic E-state index is 13.7. The van der Waals surface area contributed by atoms with Gasteiger partial charge in [-0.3, -0.25) is 14.6 Å². The Bertz CT molecular complexity index is 1200. The van der Waals surface area contributed by atoms with Crippen LogP contribution in [0.25, 0.3) is 0 Å². The minimum Gasteiger partial charge on any atom is -0.461 e. The van der Waals surface area contributed by atoms with Gasteiger partial charge in [0.2, 0.25) is 0 Å². The predicted molar refractivity (Wildman–Crippen MR) is 143 cm³/mol. The fourth-order valence-corrected chi connectivity index (χ4v) is 7.22. The van der Waals surface area contributed by atoms with E-state index in [2.05, 4.69) is 35.8 Å². The van der Waals surface area contributed by atoms with E-state index in [1.54, 1.807) is 0 Å². The van der Waals surface area contributed by atoms with E-state index >= 15 is 0 Å². The number of esters is 1. The van der Waals surface area contributed by atoms with Gasteiger partial charge in [-0.2, -0.15) is 0 Å². The maximum absolute atomic E-state index is 13.7. The van der Waals surface area contributed by atoms with Crippen LogP contribution in [-0.2, 0) is 9.53 Å². The molecule has 2 aliphatic heterocycles. The number of nitrogens with zero attached hydrogens (tertiary/aromatic N) is 2. The van der Waals surface area contributed by atoms with Crippen LogP contribution in [0, 0.1) is 28.9 Å². The molecule has 2 fully saturated rings. The van der Waals surface area contributed by atoms with Crippen molar-refractivity contribution in [2.45, 2.75) is 45.3 Å². The van der Waals surface area contributed by atoms with E-state index in [0.29, 0.717) is 6.54 Å². The Balaban J connectivity index is 1.17. The summed E-state index contributed by atoms with van der Waals surface area (Å²) in [6, 6.07) is 13.1. The molecule has 0 radical (unpaired) electrons. The Labute approximate surface area is 224 Å². The number of piperazine rings is 1. The minimum absolute atomic E-state index is 0.0187. The van der Waals surface area contributed by atoms with Crippen LogP contribution in [0.5, 0.6) is 0 Å². The minimum atomic E-state index is -0.268. The van der Waals surface area contributed by atoms with E-state index in [-0.39, 0.29) is 47.0 Å². The number of carbonyl (C=O) groups excluding carboxylic acids is 1. The summed E-state index contributed by atoms with van der Waals surface area (Å²) in [5.41, 5.74) is 4.86. The fourth-order valence-electron chi connectivity index (χ4n) is 7.22. The molecule has 2 aliphatic carbocycles. The van der Waals surface area contributed by atoms with Crippen molar-refractivity contribution in [3.05, 3.63) is 94.6 Å². The molecule has 4 atom stereocenters. The quantitative estimate of drug-likeness (QED) is 0.461. The normalized spacial score (nSPS) is 29.9. The first-order valence-electron chi connectivity index (χ1n) is 13.9. The monoisotopic (exact) mass is 518 g/mol. The first-order chi connectivity index (χ1) is 18.3.